The molecule has 3 aromatic rings. The topological polar surface area (TPSA) is 53.4 Å². The molecule has 1 aromatic heterocycles. The Bertz CT molecular complexity index is 1070. The third kappa shape index (κ3) is 4.23. The van der Waals surface area contributed by atoms with Gasteiger partial charge < -0.3 is 15.1 Å². The van der Waals surface area contributed by atoms with Crippen molar-refractivity contribution in [1.82, 2.24) is 19.8 Å². The molecule has 0 radical (unpaired) electrons. The number of rotatable bonds is 2. The highest BCUT2D eigenvalue weighted by molar-refractivity contribution is 5.95. The Labute approximate surface area is 168 Å². The van der Waals surface area contributed by atoms with Crippen LogP contribution in [0.15, 0.2) is 48.8 Å². The minimum Gasteiger partial charge on any atom is -0.367 e. The van der Waals surface area contributed by atoms with Gasteiger partial charge in [0.2, 0.25) is 0 Å². The van der Waals surface area contributed by atoms with Crippen molar-refractivity contribution in [3.8, 4) is 11.8 Å². The number of fused-ring (bicyclic) bond motifs is 1. The molecule has 0 saturated carbocycles. The van der Waals surface area contributed by atoms with Crippen LogP contribution < -0.4 is 10.2 Å². The number of hydrogen-bond acceptors (Lipinski definition) is 4. The summed E-state index contributed by atoms with van der Waals surface area (Å²) in [5, 5.41) is 2.78. The van der Waals surface area contributed by atoms with Crippen LogP contribution in [-0.2, 0) is 0 Å². The van der Waals surface area contributed by atoms with Crippen molar-refractivity contribution in [2.45, 2.75) is 0 Å². The average Bonchev–Trinajstić information content (AvgIpc) is 3.17. The van der Waals surface area contributed by atoms with Crippen LogP contribution in [0.1, 0.15) is 5.56 Å². The monoisotopic (exact) mass is 391 g/mol. The molecule has 0 spiro atoms. The fourth-order valence-electron chi connectivity index (χ4n) is 3.37. The van der Waals surface area contributed by atoms with Gasteiger partial charge in [0, 0.05) is 31.7 Å². The molecule has 148 valence electrons. The van der Waals surface area contributed by atoms with Crippen molar-refractivity contribution in [3.63, 3.8) is 0 Å². The molecule has 1 fully saturated rings. The van der Waals surface area contributed by atoms with E-state index in [4.69, 9.17) is 0 Å². The molecule has 1 aliphatic heterocycles. The van der Waals surface area contributed by atoms with E-state index < -0.39 is 0 Å². The smallest absolute Gasteiger partial charge is 0.328 e. The van der Waals surface area contributed by atoms with E-state index in [1.54, 1.807) is 18.5 Å². The van der Waals surface area contributed by atoms with Crippen molar-refractivity contribution in [3.05, 3.63) is 60.2 Å². The third-order valence-electron chi connectivity index (χ3n) is 5.02. The van der Waals surface area contributed by atoms with Gasteiger partial charge in [0.25, 0.3) is 0 Å². The lowest BCUT2D eigenvalue weighted by molar-refractivity contribution is 0.244. The molecule has 0 atom stereocenters. The summed E-state index contributed by atoms with van der Waals surface area (Å²) in [5.74, 6) is 5.48. The van der Waals surface area contributed by atoms with Crippen LogP contribution in [0.2, 0.25) is 0 Å². The average molecular weight is 391 g/mol. The van der Waals surface area contributed by atoms with E-state index in [2.05, 4.69) is 45.1 Å². The van der Waals surface area contributed by atoms with E-state index in [1.165, 1.54) is 16.7 Å². The molecule has 4 rings (SSSR count). The molecule has 0 unspecified atom stereocenters. The number of carbonyl (C=O) groups is 1. The molecule has 29 heavy (non-hydrogen) atoms. The fourth-order valence-corrected chi connectivity index (χ4v) is 3.37. The highest BCUT2D eigenvalue weighted by Gasteiger charge is 2.19. The number of anilines is 1. The van der Waals surface area contributed by atoms with Gasteiger partial charge in [-0.05, 0) is 43.4 Å². The van der Waals surface area contributed by atoms with Crippen LogP contribution >= 0.6 is 0 Å². The Kier molecular flexibility index (Phi) is 5.45. The van der Waals surface area contributed by atoms with Crippen molar-refractivity contribution in [2.24, 2.45) is 0 Å². The minimum absolute atomic E-state index is 0.189. The second-order valence-corrected chi connectivity index (χ2v) is 7.02. The van der Waals surface area contributed by atoms with Crippen LogP contribution in [0.5, 0.6) is 0 Å². The van der Waals surface area contributed by atoms with E-state index in [9.17, 15) is 9.18 Å². The summed E-state index contributed by atoms with van der Waals surface area (Å²) in [6.07, 6.45) is 1.55. The van der Waals surface area contributed by atoms with Gasteiger partial charge in [0.15, 0.2) is 0 Å². The molecule has 1 amide bonds. The first kappa shape index (κ1) is 19.0. The summed E-state index contributed by atoms with van der Waals surface area (Å²) in [6, 6.07) is 11.5. The molecule has 7 heteroatoms. The van der Waals surface area contributed by atoms with E-state index >= 15 is 0 Å². The lowest BCUT2D eigenvalue weighted by Crippen LogP contribution is -2.44. The molecule has 6 nitrogen and oxygen atoms in total. The van der Waals surface area contributed by atoms with Crippen LogP contribution in [0, 0.1) is 17.7 Å². The Morgan fingerprint density at radius 2 is 1.90 bits per heavy atom. The molecule has 0 aliphatic carbocycles. The summed E-state index contributed by atoms with van der Waals surface area (Å²) < 4.78 is 14.4. The number of nitrogens with one attached hydrogen (secondary N) is 1. The highest BCUT2D eigenvalue weighted by Crippen LogP contribution is 2.26. The van der Waals surface area contributed by atoms with Gasteiger partial charge in [-0.1, -0.05) is 17.9 Å². The molecule has 2 aromatic carbocycles. The Morgan fingerprint density at radius 3 is 2.66 bits per heavy atom. The number of benzene rings is 2. The molecule has 2 heterocycles. The second-order valence-electron chi connectivity index (χ2n) is 7.02. The predicted octanol–water partition coefficient (Wildman–Crippen LogP) is 2.54. The highest BCUT2D eigenvalue weighted by atomic mass is 19.1. The Morgan fingerprint density at radius 1 is 1.14 bits per heavy atom. The van der Waals surface area contributed by atoms with Crippen molar-refractivity contribution in [1.29, 1.82) is 0 Å². The van der Waals surface area contributed by atoms with Gasteiger partial charge in [-0.2, -0.15) is 0 Å². The molecule has 1 saturated heterocycles. The van der Waals surface area contributed by atoms with Crippen molar-refractivity contribution < 1.29 is 9.18 Å². The quantitative estimate of drug-likeness (QED) is 0.682. The summed E-state index contributed by atoms with van der Waals surface area (Å²) in [5.41, 5.74) is 3.35. The number of piperazine rings is 1. The summed E-state index contributed by atoms with van der Waals surface area (Å²) in [6.45, 7) is 4.07. The largest absolute Gasteiger partial charge is 0.367 e. The SMILES string of the molecule is CN1CCN(c2cccc3c2ncn3C(=O)NCC#Cc2ccc(F)cc2)CC1. The lowest BCUT2D eigenvalue weighted by Gasteiger charge is -2.34. The van der Waals surface area contributed by atoms with Gasteiger partial charge in [-0.3, -0.25) is 4.57 Å². The number of hydrogen-bond donors (Lipinski definition) is 1. The van der Waals surface area contributed by atoms with Gasteiger partial charge >= 0.3 is 6.03 Å². The summed E-state index contributed by atoms with van der Waals surface area (Å²) >= 11 is 0. The van der Waals surface area contributed by atoms with E-state index in [-0.39, 0.29) is 18.4 Å². The number of carbonyl (C=O) groups excluding carboxylic acids is 1. The molecule has 1 N–H and O–H groups in total. The number of nitrogens with zero attached hydrogens (tertiary/aromatic N) is 4. The predicted molar refractivity (Wildman–Crippen MR) is 112 cm³/mol. The normalized spacial score (nSPS) is 14.5. The Balaban J connectivity index is 1.46. The van der Waals surface area contributed by atoms with Crippen molar-refractivity contribution >= 4 is 22.8 Å². The zero-order chi connectivity index (χ0) is 20.2. The van der Waals surface area contributed by atoms with E-state index in [1.807, 2.05) is 12.1 Å². The van der Waals surface area contributed by atoms with Crippen LogP contribution in [-0.4, -0.2) is 60.3 Å². The zero-order valence-electron chi connectivity index (χ0n) is 16.2. The van der Waals surface area contributed by atoms with Crippen molar-refractivity contribution in [2.75, 3.05) is 44.7 Å². The molecular formula is C22H22FN5O. The number of aromatic nitrogens is 2. The maximum Gasteiger partial charge on any atom is 0.328 e. The van der Waals surface area contributed by atoms with Gasteiger partial charge in [-0.25, -0.2) is 14.2 Å². The van der Waals surface area contributed by atoms with Gasteiger partial charge in [0.1, 0.15) is 17.7 Å². The first-order valence-electron chi connectivity index (χ1n) is 9.54. The standard InChI is InChI=1S/C22H22FN5O/c1-26-12-14-27(15-13-26)19-5-2-6-20-21(19)25-16-28(20)22(29)24-11-3-4-17-7-9-18(23)10-8-17/h2,5-10,16H,11-15H2,1H3,(H,24,29). The van der Waals surface area contributed by atoms with Crippen LogP contribution in [0.25, 0.3) is 11.0 Å². The number of imidazole rings is 1. The molecular weight excluding hydrogens is 369 g/mol. The van der Waals surface area contributed by atoms with E-state index in [0.717, 1.165) is 42.9 Å². The van der Waals surface area contributed by atoms with E-state index in [0.29, 0.717) is 5.56 Å². The summed E-state index contributed by atoms with van der Waals surface area (Å²) in [7, 11) is 2.12. The maximum absolute atomic E-state index is 12.9. The van der Waals surface area contributed by atoms with Gasteiger partial charge in [0.05, 0.1) is 17.7 Å². The number of para-hydroxylation sites is 1. The zero-order valence-corrected chi connectivity index (χ0v) is 16.2. The molecule has 0 bridgehead atoms. The molecule has 1 aliphatic rings. The second kappa shape index (κ2) is 8.33. The Hall–Kier alpha value is -3.37. The van der Waals surface area contributed by atoms with Crippen LogP contribution in [0.3, 0.4) is 0 Å². The minimum atomic E-state index is -0.299. The first-order valence-corrected chi connectivity index (χ1v) is 9.54. The first-order chi connectivity index (χ1) is 14.1. The fraction of sp³-hybridized carbons (Fsp3) is 0.273. The number of amides is 1. The van der Waals surface area contributed by atoms with Gasteiger partial charge in [-0.15, -0.1) is 0 Å². The van der Waals surface area contributed by atoms with Crippen LogP contribution in [0.4, 0.5) is 14.9 Å². The lowest BCUT2D eigenvalue weighted by atomic mass is 10.2. The maximum atomic E-state index is 12.9. The number of likely N-dealkylation sites (N-methyl/N-ethyl adjacent to an activating group) is 1. The third-order valence-corrected chi connectivity index (χ3v) is 5.02. The summed E-state index contributed by atoms with van der Waals surface area (Å²) in [4.78, 5) is 21.7. The number of halogens is 1.